The molecule has 0 spiro atoms. The predicted molar refractivity (Wildman–Crippen MR) is 179 cm³/mol. The Morgan fingerprint density at radius 3 is 1.04 bits per heavy atom. The maximum absolute atomic E-state index is 14.6. The Hall–Kier alpha value is -4.64. The molecular weight excluding hydrogens is 622 g/mol. The summed E-state index contributed by atoms with van der Waals surface area (Å²) in [5.74, 6) is 2.01. The summed E-state index contributed by atoms with van der Waals surface area (Å²) in [5.41, 5.74) is 0. The van der Waals surface area contributed by atoms with Gasteiger partial charge in [0.2, 0.25) is 10.7 Å². The van der Waals surface area contributed by atoms with Crippen molar-refractivity contribution in [3.63, 3.8) is 0 Å². The van der Waals surface area contributed by atoms with Crippen LogP contribution in [0, 0.1) is 0 Å². The van der Waals surface area contributed by atoms with E-state index >= 15 is 0 Å². The van der Waals surface area contributed by atoms with Gasteiger partial charge >= 0.3 is 15.2 Å². The first-order chi connectivity index (χ1) is 22.0. The fourth-order valence-electron chi connectivity index (χ4n) is 4.25. The third-order valence-electron chi connectivity index (χ3n) is 6.73. The third kappa shape index (κ3) is 7.95. The van der Waals surface area contributed by atoms with Crippen molar-refractivity contribution in [2.45, 2.75) is 38.4 Å². The van der Waals surface area contributed by atoms with Crippen LogP contribution in [0.4, 0.5) is 0 Å². The van der Waals surface area contributed by atoms with Crippen molar-refractivity contribution < 1.29 is 36.7 Å². The molecule has 0 amide bonds. The van der Waals surface area contributed by atoms with Gasteiger partial charge in [0, 0.05) is 6.07 Å². The largest absolute Gasteiger partial charge is 0.473 e. The van der Waals surface area contributed by atoms with E-state index in [2.05, 4.69) is 0 Å². The minimum absolute atomic E-state index is 0.181. The maximum Gasteiger partial charge on any atom is 0.473 e. The smallest absolute Gasteiger partial charge is 0.473 e. The van der Waals surface area contributed by atoms with Crippen LogP contribution in [0.3, 0.4) is 0 Å². The van der Waals surface area contributed by atoms with E-state index in [-0.39, 0.29) is 11.5 Å². The van der Waals surface area contributed by atoms with E-state index < -0.39 is 25.9 Å². The summed E-state index contributed by atoms with van der Waals surface area (Å²) in [5, 5.41) is -2.93. The number of rotatable bonds is 14. The Kier molecular flexibility index (Phi) is 9.81. The molecule has 10 heteroatoms. The van der Waals surface area contributed by atoms with Crippen molar-refractivity contribution in [3.8, 4) is 34.5 Å². The second-order valence-corrected chi connectivity index (χ2v) is 16.1. The fraction of sp³-hybridized carbons (Fsp3) is 0.167. The summed E-state index contributed by atoms with van der Waals surface area (Å²) in [6, 6.07) is 41.8. The van der Waals surface area contributed by atoms with E-state index in [4.69, 9.17) is 27.6 Å². The normalized spacial score (nSPS) is 13.1. The van der Waals surface area contributed by atoms with Crippen LogP contribution in [-0.2, 0) is 9.13 Å². The van der Waals surface area contributed by atoms with E-state index in [1.807, 2.05) is 36.4 Å². The molecule has 1 unspecified atom stereocenters. The quantitative estimate of drug-likeness (QED) is 0.109. The lowest BCUT2D eigenvalue weighted by molar-refractivity contribution is 0.154. The van der Waals surface area contributed by atoms with Gasteiger partial charge in [-0.15, -0.1) is 0 Å². The summed E-state index contributed by atoms with van der Waals surface area (Å²) in [6.07, 6.45) is 0. The first-order valence-electron chi connectivity index (χ1n) is 14.6. The van der Waals surface area contributed by atoms with Gasteiger partial charge in [-0.3, -0.25) is 0 Å². The molecule has 0 aliphatic carbocycles. The van der Waals surface area contributed by atoms with E-state index in [9.17, 15) is 9.13 Å². The highest BCUT2D eigenvalue weighted by molar-refractivity contribution is 7.56. The van der Waals surface area contributed by atoms with Gasteiger partial charge in [0.25, 0.3) is 0 Å². The summed E-state index contributed by atoms with van der Waals surface area (Å²) in [4.78, 5) is 0. The zero-order valence-electron chi connectivity index (χ0n) is 26.0. The Morgan fingerprint density at radius 1 is 0.370 bits per heavy atom. The molecule has 0 bridgehead atoms. The lowest BCUT2D eigenvalue weighted by atomic mass is 10.3. The molecule has 5 aromatic carbocycles. The van der Waals surface area contributed by atoms with Gasteiger partial charge in [-0.05, 0) is 88.4 Å². The molecule has 0 N–H and O–H groups in total. The molecule has 0 aromatic heterocycles. The second-order valence-electron chi connectivity index (χ2n) is 11.2. The van der Waals surface area contributed by atoms with Gasteiger partial charge in [-0.25, -0.2) is 9.13 Å². The summed E-state index contributed by atoms with van der Waals surface area (Å²) in [6.45, 7) is 6.53. The van der Waals surface area contributed by atoms with Gasteiger partial charge < -0.3 is 27.6 Å². The molecule has 0 aliphatic rings. The van der Waals surface area contributed by atoms with Crippen molar-refractivity contribution in [2.24, 2.45) is 0 Å². The van der Waals surface area contributed by atoms with Crippen LogP contribution in [0.1, 0.15) is 27.7 Å². The lowest BCUT2D eigenvalue weighted by Crippen LogP contribution is -2.33. The van der Waals surface area contributed by atoms with Gasteiger partial charge in [-0.1, -0.05) is 78.9 Å². The molecule has 5 rings (SSSR count). The zero-order chi connectivity index (χ0) is 32.7. The summed E-state index contributed by atoms with van der Waals surface area (Å²) in [7, 11) is -8.17. The van der Waals surface area contributed by atoms with Crippen LogP contribution in [0.2, 0.25) is 0 Å². The van der Waals surface area contributed by atoms with E-state index in [1.54, 1.807) is 131 Å². The van der Waals surface area contributed by atoms with Crippen molar-refractivity contribution in [2.75, 3.05) is 0 Å². The highest BCUT2D eigenvalue weighted by atomic mass is 31.2. The molecule has 0 fully saturated rings. The number of hydrogen-bond acceptors (Lipinski definition) is 8. The van der Waals surface area contributed by atoms with E-state index in [0.717, 1.165) is 0 Å². The zero-order valence-corrected chi connectivity index (χ0v) is 27.8. The second kappa shape index (κ2) is 13.8. The minimum atomic E-state index is -4.11. The molecule has 0 saturated carbocycles. The van der Waals surface area contributed by atoms with Crippen LogP contribution in [-0.4, -0.2) is 10.7 Å². The van der Waals surface area contributed by atoms with Gasteiger partial charge in [0.05, 0.1) is 0 Å². The minimum Gasteiger partial charge on any atom is -0.473 e. The fourth-order valence-corrected chi connectivity index (χ4v) is 7.22. The maximum atomic E-state index is 14.6. The number of para-hydroxylation sites is 4. The molecular formula is C36H36O8P2. The molecule has 46 heavy (non-hydrogen) atoms. The van der Waals surface area contributed by atoms with Gasteiger partial charge in [-0.2, -0.15) is 0 Å². The van der Waals surface area contributed by atoms with Crippen LogP contribution in [0.5, 0.6) is 34.5 Å². The lowest BCUT2D eigenvalue weighted by Gasteiger charge is -2.34. The standard InChI is InChI=1S/C36H36O8P2/c1-35(2,39-29-18-9-5-10-19-29)46(38,43-32-24-15-8-16-25-32)44-34-27-17-26-33(28-34)40-36(3,4)45(37,41-30-20-11-6-12-21-30)42-31-22-13-7-14-23-31/h5-28H,1-4H3. The van der Waals surface area contributed by atoms with Crippen molar-refractivity contribution in [1.82, 2.24) is 0 Å². The number of hydrogen-bond donors (Lipinski definition) is 0. The molecule has 8 nitrogen and oxygen atoms in total. The summed E-state index contributed by atoms with van der Waals surface area (Å²) >= 11 is 0. The van der Waals surface area contributed by atoms with E-state index in [0.29, 0.717) is 23.0 Å². The summed E-state index contributed by atoms with van der Waals surface area (Å²) < 4.78 is 65.9. The predicted octanol–water partition coefficient (Wildman–Crippen LogP) is 10.6. The molecule has 0 aliphatic heterocycles. The molecule has 0 saturated heterocycles. The van der Waals surface area contributed by atoms with Crippen molar-refractivity contribution >= 4 is 15.2 Å². The highest BCUT2D eigenvalue weighted by Crippen LogP contribution is 2.61. The Balaban J connectivity index is 1.44. The first kappa shape index (κ1) is 32.7. The molecule has 5 aromatic rings. The van der Waals surface area contributed by atoms with Crippen LogP contribution in [0.25, 0.3) is 0 Å². The SMILES string of the molecule is CC(C)(Oc1cccc(OP(=O)(Oc2ccccc2)C(C)(C)Oc2ccccc2)c1)P(=O)(Oc1ccccc1)Oc1ccccc1. The van der Waals surface area contributed by atoms with Crippen LogP contribution < -0.4 is 27.6 Å². The average molecular weight is 659 g/mol. The first-order valence-corrected chi connectivity index (χ1v) is 17.7. The Bertz CT molecular complexity index is 1750. The van der Waals surface area contributed by atoms with Crippen molar-refractivity contribution in [3.05, 3.63) is 146 Å². The monoisotopic (exact) mass is 658 g/mol. The average Bonchev–Trinajstić information content (AvgIpc) is 3.02. The topological polar surface area (TPSA) is 89.5 Å². The van der Waals surface area contributed by atoms with Crippen LogP contribution in [0.15, 0.2) is 146 Å². The van der Waals surface area contributed by atoms with Gasteiger partial charge in [0.1, 0.15) is 34.5 Å². The number of benzene rings is 5. The Morgan fingerprint density at radius 2 is 0.652 bits per heavy atom. The molecule has 0 heterocycles. The van der Waals surface area contributed by atoms with E-state index in [1.165, 1.54) is 6.07 Å². The third-order valence-corrected chi connectivity index (χ3v) is 11.4. The highest BCUT2D eigenvalue weighted by Gasteiger charge is 2.51. The molecule has 0 radical (unpaired) electrons. The Labute approximate surface area is 269 Å². The molecule has 1 atom stereocenters. The van der Waals surface area contributed by atoms with Crippen LogP contribution >= 0.6 is 15.2 Å². The molecule has 238 valence electrons. The van der Waals surface area contributed by atoms with Gasteiger partial charge in [0.15, 0.2) is 0 Å². The van der Waals surface area contributed by atoms with Crippen molar-refractivity contribution in [1.29, 1.82) is 0 Å². The number of ether oxygens (including phenoxy) is 2.